The Morgan fingerprint density at radius 1 is 1.22 bits per heavy atom. The average Bonchev–Trinajstić information content (AvgIpc) is 2.42. The van der Waals surface area contributed by atoms with E-state index in [1.807, 2.05) is 12.1 Å². The SMILES string of the molecule is CCCCCCCOC(=O)c1cccc(CN)c1. The minimum Gasteiger partial charge on any atom is -0.462 e. The molecule has 18 heavy (non-hydrogen) atoms. The maximum Gasteiger partial charge on any atom is 0.338 e. The number of nitrogens with two attached hydrogens (primary N) is 1. The Labute approximate surface area is 109 Å². The van der Waals surface area contributed by atoms with Gasteiger partial charge in [-0.05, 0) is 24.1 Å². The van der Waals surface area contributed by atoms with Crippen LogP contribution in [-0.4, -0.2) is 12.6 Å². The first-order chi connectivity index (χ1) is 8.77. The van der Waals surface area contributed by atoms with Gasteiger partial charge in [-0.3, -0.25) is 0 Å². The molecule has 0 aromatic heterocycles. The molecule has 0 aliphatic rings. The summed E-state index contributed by atoms with van der Waals surface area (Å²) in [6, 6.07) is 7.29. The largest absolute Gasteiger partial charge is 0.462 e. The van der Waals surface area contributed by atoms with Gasteiger partial charge in [0.25, 0.3) is 0 Å². The number of rotatable bonds is 8. The summed E-state index contributed by atoms with van der Waals surface area (Å²) in [4.78, 5) is 11.7. The molecule has 0 aliphatic carbocycles. The molecular weight excluding hydrogens is 226 g/mol. The number of esters is 1. The fourth-order valence-electron chi connectivity index (χ4n) is 1.78. The summed E-state index contributed by atoms with van der Waals surface area (Å²) in [7, 11) is 0. The van der Waals surface area contributed by atoms with Crippen LogP contribution in [0.4, 0.5) is 0 Å². The van der Waals surface area contributed by atoms with Crippen LogP contribution in [0.15, 0.2) is 24.3 Å². The van der Waals surface area contributed by atoms with Crippen molar-refractivity contribution in [3.05, 3.63) is 35.4 Å². The van der Waals surface area contributed by atoms with Crippen molar-refractivity contribution in [2.24, 2.45) is 5.73 Å². The highest BCUT2D eigenvalue weighted by molar-refractivity contribution is 5.89. The predicted molar refractivity (Wildman–Crippen MR) is 73.4 cm³/mol. The molecule has 2 N–H and O–H groups in total. The summed E-state index contributed by atoms with van der Waals surface area (Å²) >= 11 is 0. The molecule has 100 valence electrons. The molecule has 1 aromatic rings. The highest BCUT2D eigenvalue weighted by Crippen LogP contribution is 2.08. The second kappa shape index (κ2) is 8.70. The van der Waals surface area contributed by atoms with E-state index in [0.717, 1.165) is 18.4 Å². The van der Waals surface area contributed by atoms with Crippen LogP contribution >= 0.6 is 0 Å². The van der Waals surface area contributed by atoms with Crippen LogP contribution in [0.1, 0.15) is 54.9 Å². The van der Waals surface area contributed by atoms with Crippen molar-refractivity contribution in [1.29, 1.82) is 0 Å². The van der Waals surface area contributed by atoms with E-state index in [-0.39, 0.29) is 5.97 Å². The lowest BCUT2D eigenvalue weighted by molar-refractivity contribution is 0.0497. The molecule has 0 radical (unpaired) electrons. The minimum atomic E-state index is -0.249. The summed E-state index contributed by atoms with van der Waals surface area (Å²) in [6.07, 6.45) is 5.78. The molecular formula is C15H23NO2. The lowest BCUT2D eigenvalue weighted by Gasteiger charge is -2.05. The number of ether oxygens (including phenoxy) is 1. The Bertz CT molecular complexity index is 363. The minimum absolute atomic E-state index is 0.249. The summed E-state index contributed by atoms with van der Waals surface area (Å²) in [5, 5.41) is 0. The molecule has 0 fully saturated rings. The maximum absolute atomic E-state index is 11.7. The molecule has 0 amide bonds. The van der Waals surface area contributed by atoms with E-state index in [4.69, 9.17) is 10.5 Å². The first kappa shape index (κ1) is 14.7. The van der Waals surface area contributed by atoms with E-state index >= 15 is 0 Å². The van der Waals surface area contributed by atoms with E-state index in [0.29, 0.717) is 18.7 Å². The van der Waals surface area contributed by atoms with Gasteiger partial charge < -0.3 is 10.5 Å². The van der Waals surface area contributed by atoms with Crippen LogP contribution in [0.3, 0.4) is 0 Å². The zero-order chi connectivity index (χ0) is 13.2. The molecule has 0 aliphatic heterocycles. The van der Waals surface area contributed by atoms with Gasteiger partial charge in [-0.2, -0.15) is 0 Å². The number of carbonyl (C=O) groups is 1. The molecule has 3 nitrogen and oxygen atoms in total. The summed E-state index contributed by atoms with van der Waals surface area (Å²) in [5.41, 5.74) is 7.08. The topological polar surface area (TPSA) is 52.3 Å². The van der Waals surface area contributed by atoms with Gasteiger partial charge in [-0.25, -0.2) is 4.79 Å². The van der Waals surface area contributed by atoms with Gasteiger partial charge in [0.05, 0.1) is 12.2 Å². The molecule has 3 heteroatoms. The van der Waals surface area contributed by atoms with Gasteiger partial charge in [-0.1, -0.05) is 44.7 Å². The Morgan fingerprint density at radius 3 is 2.72 bits per heavy atom. The van der Waals surface area contributed by atoms with Crippen molar-refractivity contribution >= 4 is 5.97 Å². The van der Waals surface area contributed by atoms with Crippen LogP contribution in [0.2, 0.25) is 0 Å². The zero-order valence-corrected chi connectivity index (χ0v) is 11.2. The molecule has 0 bridgehead atoms. The monoisotopic (exact) mass is 249 g/mol. The van der Waals surface area contributed by atoms with Crippen LogP contribution in [-0.2, 0) is 11.3 Å². The van der Waals surface area contributed by atoms with Gasteiger partial charge in [0.2, 0.25) is 0 Å². The van der Waals surface area contributed by atoms with E-state index < -0.39 is 0 Å². The standard InChI is InChI=1S/C15H23NO2/c1-2-3-4-5-6-10-18-15(17)14-9-7-8-13(11-14)12-16/h7-9,11H,2-6,10,12,16H2,1H3. The molecule has 0 unspecified atom stereocenters. The number of carbonyl (C=O) groups excluding carboxylic acids is 1. The van der Waals surface area contributed by atoms with E-state index in [9.17, 15) is 4.79 Å². The van der Waals surface area contributed by atoms with Crippen LogP contribution in [0, 0.1) is 0 Å². The van der Waals surface area contributed by atoms with Crippen molar-refractivity contribution < 1.29 is 9.53 Å². The summed E-state index contributed by atoms with van der Waals surface area (Å²) in [5.74, 6) is -0.249. The van der Waals surface area contributed by atoms with E-state index in [2.05, 4.69) is 6.92 Å². The third-order valence-corrected chi connectivity index (χ3v) is 2.88. The Balaban J connectivity index is 2.27. The van der Waals surface area contributed by atoms with Crippen LogP contribution in [0.25, 0.3) is 0 Å². The number of hydrogen-bond acceptors (Lipinski definition) is 3. The van der Waals surface area contributed by atoms with E-state index in [1.54, 1.807) is 12.1 Å². The molecule has 1 rings (SSSR count). The van der Waals surface area contributed by atoms with Crippen molar-refractivity contribution in [3.8, 4) is 0 Å². The fourth-order valence-corrected chi connectivity index (χ4v) is 1.78. The molecule has 0 saturated carbocycles. The summed E-state index contributed by atoms with van der Waals surface area (Å²) in [6.45, 7) is 3.14. The lowest BCUT2D eigenvalue weighted by atomic mass is 10.1. The summed E-state index contributed by atoms with van der Waals surface area (Å²) < 4.78 is 5.23. The number of hydrogen-bond donors (Lipinski definition) is 1. The quantitative estimate of drug-likeness (QED) is 0.568. The van der Waals surface area contributed by atoms with Gasteiger partial charge in [0, 0.05) is 6.54 Å². The number of benzene rings is 1. The molecule has 0 spiro atoms. The molecule has 0 heterocycles. The van der Waals surface area contributed by atoms with E-state index in [1.165, 1.54) is 19.3 Å². The van der Waals surface area contributed by atoms with Crippen LogP contribution in [0.5, 0.6) is 0 Å². The zero-order valence-electron chi connectivity index (χ0n) is 11.2. The van der Waals surface area contributed by atoms with Crippen molar-refractivity contribution in [1.82, 2.24) is 0 Å². The Morgan fingerprint density at radius 2 is 2.00 bits per heavy atom. The van der Waals surface area contributed by atoms with Crippen molar-refractivity contribution in [2.45, 2.75) is 45.6 Å². The molecule has 0 saturated heterocycles. The second-order valence-corrected chi connectivity index (χ2v) is 4.45. The Hall–Kier alpha value is -1.35. The van der Waals surface area contributed by atoms with Gasteiger partial charge in [-0.15, -0.1) is 0 Å². The van der Waals surface area contributed by atoms with Crippen LogP contribution < -0.4 is 5.73 Å². The highest BCUT2D eigenvalue weighted by Gasteiger charge is 2.06. The van der Waals surface area contributed by atoms with Crippen molar-refractivity contribution in [2.75, 3.05) is 6.61 Å². The third-order valence-electron chi connectivity index (χ3n) is 2.88. The first-order valence-electron chi connectivity index (χ1n) is 6.74. The van der Waals surface area contributed by atoms with Gasteiger partial charge in [0.15, 0.2) is 0 Å². The maximum atomic E-state index is 11.7. The second-order valence-electron chi connectivity index (χ2n) is 4.45. The average molecular weight is 249 g/mol. The molecule has 0 atom stereocenters. The number of unbranched alkanes of at least 4 members (excludes halogenated alkanes) is 4. The molecule has 1 aromatic carbocycles. The Kier molecular flexibility index (Phi) is 7.11. The predicted octanol–water partition coefficient (Wildman–Crippen LogP) is 3.27. The van der Waals surface area contributed by atoms with Gasteiger partial charge in [0.1, 0.15) is 0 Å². The first-order valence-corrected chi connectivity index (χ1v) is 6.74. The van der Waals surface area contributed by atoms with Gasteiger partial charge >= 0.3 is 5.97 Å². The smallest absolute Gasteiger partial charge is 0.338 e. The highest BCUT2D eigenvalue weighted by atomic mass is 16.5. The fraction of sp³-hybridized carbons (Fsp3) is 0.533. The third kappa shape index (κ3) is 5.32. The van der Waals surface area contributed by atoms with Crippen molar-refractivity contribution in [3.63, 3.8) is 0 Å². The normalized spacial score (nSPS) is 10.3. The lowest BCUT2D eigenvalue weighted by Crippen LogP contribution is -2.07.